The van der Waals surface area contributed by atoms with Gasteiger partial charge in [0.15, 0.2) is 0 Å². The molecule has 1 aromatic rings. The predicted octanol–water partition coefficient (Wildman–Crippen LogP) is 2.27. The molecule has 1 atom stereocenters. The van der Waals surface area contributed by atoms with Gasteiger partial charge in [-0.25, -0.2) is 4.39 Å². The van der Waals surface area contributed by atoms with E-state index in [2.05, 4.69) is 17.9 Å². The van der Waals surface area contributed by atoms with Crippen molar-refractivity contribution in [3.8, 4) is 0 Å². The number of hydrogen-bond acceptors (Lipinski definition) is 3. The molecule has 3 nitrogen and oxygen atoms in total. The Hall–Kier alpha value is -1.07. The second-order valence-electron chi connectivity index (χ2n) is 3.64. The summed E-state index contributed by atoms with van der Waals surface area (Å²) in [5, 5.41) is 2.61. The standard InChI is InChI=1S/C12H16FNO2S/c1-3-16-8(2)7-14-12(15)10-6-9(17)4-5-11(10)13/h4-6,8,17H,3,7H2,1-2H3,(H,14,15). The van der Waals surface area contributed by atoms with Gasteiger partial charge in [0.2, 0.25) is 0 Å². The third-order valence-corrected chi connectivity index (χ3v) is 2.47. The molecular weight excluding hydrogens is 241 g/mol. The summed E-state index contributed by atoms with van der Waals surface area (Å²) in [6, 6.07) is 4.13. The van der Waals surface area contributed by atoms with Crippen molar-refractivity contribution in [1.82, 2.24) is 5.32 Å². The number of benzene rings is 1. The molecule has 0 heterocycles. The average Bonchev–Trinajstić information content (AvgIpc) is 2.29. The zero-order valence-electron chi connectivity index (χ0n) is 9.87. The minimum absolute atomic E-state index is 0.00111. The molecule has 0 aliphatic carbocycles. The summed E-state index contributed by atoms with van der Waals surface area (Å²) in [5.41, 5.74) is 0.00111. The number of amides is 1. The summed E-state index contributed by atoms with van der Waals surface area (Å²) < 4.78 is 18.6. The summed E-state index contributed by atoms with van der Waals surface area (Å²) in [4.78, 5) is 12.2. The first kappa shape index (κ1) is 14.0. The highest BCUT2D eigenvalue weighted by molar-refractivity contribution is 7.80. The molecule has 0 saturated carbocycles. The van der Waals surface area contributed by atoms with Gasteiger partial charge in [-0.05, 0) is 32.0 Å². The Kier molecular flexibility index (Phi) is 5.44. The van der Waals surface area contributed by atoms with Crippen LogP contribution < -0.4 is 5.32 Å². The molecule has 0 bridgehead atoms. The van der Waals surface area contributed by atoms with E-state index in [0.29, 0.717) is 18.0 Å². The van der Waals surface area contributed by atoms with Gasteiger partial charge in [0.25, 0.3) is 5.91 Å². The van der Waals surface area contributed by atoms with Crippen LogP contribution in [-0.2, 0) is 4.74 Å². The molecule has 0 aliphatic rings. The predicted molar refractivity (Wildman–Crippen MR) is 67.1 cm³/mol. The van der Waals surface area contributed by atoms with Crippen LogP contribution in [0.2, 0.25) is 0 Å². The molecule has 0 radical (unpaired) electrons. The third kappa shape index (κ3) is 4.36. The lowest BCUT2D eigenvalue weighted by Crippen LogP contribution is -2.32. The van der Waals surface area contributed by atoms with Crippen molar-refractivity contribution in [2.24, 2.45) is 0 Å². The molecule has 94 valence electrons. The average molecular weight is 257 g/mol. The topological polar surface area (TPSA) is 38.3 Å². The molecule has 0 aromatic heterocycles. The lowest BCUT2D eigenvalue weighted by molar-refractivity contribution is 0.0693. The van der Waals surface area contributed by atoms with Crippen molar-refractivity contribution in [2.45, 2.75) is 24.8 Å². The molecule has 5 heteroatoms. The third-order valence-electron chi connectivity index (χ3n) is 2.20. The van der Waals surface area contributed by atoms with Gasteiger partial charge in [-0.15, -0.1) is 12.6 Å². The Morgan fingerprint density at radius 2 is 2.29 bits per heavy atom. The summed E-state index contributed by atoms with van der Waals surface area (Å²) in [6.07, 6.45) is -0.0915. The van der Waals surface area contributed by atoms with E-state index in [0.717, 1.165) is 0 Å². The summed E-state index contributed by atoms with van der Waals surface area (Å²) in [6.45, 7) is 4.65. The maximum atomic E-state index is 13.4. The number of ether oxygens (including phenoxy) is 1. The van der Waals surface area contributed by atoms with Gasteiger partial charge >= 0.3 is 0 Å². The van der Waals surface area contributed by atoms with E-state index in [1.54, 1.807) is 0 Å². The Morgan fingerprint density at radius 3 is 2.94 bits per heavy atom. The Balaban J connectivity index is 2.61. The van der Waals surface area contributed by atoms with Crippen LogP contribution in [0.15, 0.2) is 23.1 Å². The van der Waals surface area contributed by atoms with Gasteiger partial charge < -0.3 is 10.1 Å². The monoisotopic (exact) mass is 257 g/mol. The fraction of sp³-hybridized carbons (Fsp3) is 0.417. The van der Waals surface area contributed by atoms with Crippen LogP contribution in [0.1, 0.15) is 24.2 Å². The van der Waals surface area contributed by atoms with E-state index in [4.69, 9.17) is 4.74 Å². The van der Waals surface area contributed by atoms with E-state index >= 15 is 0 Å². The Labute approximate surface area is 106 Å². The molecule has 1 amide bonds. The fourth-order valence-corrected chi connectivity index (χ4v) is 1.57. The summed E-state index contributed by atoms with van der Waals surface area (Å²) in [7, 11) is 0. The first-order valence-electron chi connectivity index (χ1n) is 5.43. The number of carbonyl (C=O) groups is 1. The molecular formula is C12H16FNO2S. The van der Waals surface area contributed by atoms with Crippen LogP contribution in [0, 0.1) is 5.82 Å². The number of rotatable bonds is 5. The quantitative estimate of drug-likeness (QED) is 0.794. The van der Waals surface area contributed by atoms with E-state index in [1.807, 2.05) is 13.8 Å². The SMILES string of the molecule is CCOC(C)CNC(=O)c1cc(S)ccc1F. The number of carbonyl (C=O) groups excluding carboxylic acids is 1. The van der Waals surface area contributed by atoms with Crippen LogP contribution in [0.4, 0.5) is 4.39 Å². The molecule has 0 saturated heterocycles. The number of hydrogen-bond donors (Lipinski definition) is 2. The maximum absolute atomic E-state index is 13.4. The van der Waals surface area contributed by atoms with Gasteiger partial charge in [0.1, 0.15) is 5.82 Å². The largest absolute Gasteiger partial charge is 0.377 e. The second kappa shape index (κ2) is 6.61. The minimum Gasteiger partial charge on any atom is -0.377 e. The lowest BCUT2D eigenvalue weighted by Gasteiger charge is -2.12. The smallest absolute Gasteiger partial charge is 0.254 e. The van der Waals surface area contributed by atoms with Crippen LogP contribution in [0.5, 0.6) is 0 Å². The van der Waals surface area contributed by atoms with E-state index in [-0.39, 0.29) is 11.7 Å². The highest BCUT2D eigenvalue weighted by atomic mass is 32.1. The van der Waals surface area contributed by atoms with Gasteiger partial charge in [-0.2, -0.15) is 0 Å². The molecule has 1 unspecified atom stereocenters. The summed E-state index contributed by atoms with van der Waals surface area (Å²) >= 11 is 4.07. The van der Waals surface area contributed by atoms with E-state index < -0.39 is 11.7 Å². The van der Waals surface area contributed by atoms with Gasteiger partial charge in [-0.3, -0.25) is 4.79 Å². The van der Waals surface area contributed by atoms with Crippen molar-refractivity contribution in [3.05, 3.63) is 29.6 Å². The van der Waals surface area contributed by atoms with Crippen molar-refractivity contribution in [3.63, 3.8) is 0 Å². The zero-order chi connectivity index (χ0) is 12.8. The zero-order valence-corrected chi connectivity index (χ0v) is 10.8. The summed E-state index contributed by atoms with van der Waals surface area (Å²) in [5.74, 6) is -1.01. The van der Waals surface area contributed by atoms with Gasteiger partial charge in [-0.1, -0.05) is 0 Å². The van der Waals surface area contributed by atoms with E-state index in [9.17, 15) is 9.18 Å². The Morgan fingerprint density at radius 1 is 1.59 bits per heavy atom. The van der Waals surface area contributed by atoms with Crippen molar-refractivity contribution in [2.75, 3.05) is 13.2 Å². The first-order chi connectivity index (χ1) is 8.04. The molecule has 1 aromatic carbocycles. The lowest BCUT2D eigenvalue weighted by atomic mass is 10.2. The van der Waals surface area contributed by atoms with Crippen LogP contribution in [-0.4, -0.2) is 25.2 Å². The molecule has 0 fully saturated rings. The van der Waals surface area contributed by atoms with Crippen LogP contribution >= 0.6 is 12.6 Å². The van der Waals surface area contributed by atoms with E-state index in [1.165, 1.54) is 18.2 Å². The number of thiol groups is 1. The molecule has 1 rings (SSSR count). The molecule has 17 heavy (non-hydrogen) atoms. The maximum Gasteiger partial charge on any atom is 0.254 e. The highest BCUT2D eigenvalue weighted by Crippen LogP contribution is 2.13. The van der Waals surface area contributed by atoms with Crippen LogP contribution in [0.3, 0.4) is 0 Å². The second-order valence-corrected chi connectivity index (χ2v) is 4.16. The number of nitrogens with one attached hydrogen (secondary N) is 1. The Bertz CT molecular complexity index is 398. The van der Waals surface area contributed by atoms with Crippen molar-refractivity contribution >= 4 is 18.5 Å². The van der Waals surface area contributed by atoms with Crippen LogP contribution in [0.25, 0.3) is 0 Å². The van der Waals surface area contributed by atoms with Crippen molar-refractivity contribution in [1.29, 1.82) is 0 Å². The fourth-order valence-electron chi connectivity index (χ4n) is 1.36. The normalized spacial score (nSPS) is 12.2. The highest BCUT2D eigenvalue weighted by Gasteiger charge is 2.12. The van der Waals surface area contributed by atoms with Crippen molar-refractivity contribution < 1.29 is 13.9 Å². The molecule has 0 spiro atoms. The minimum atomic E-state index is -0.552. The first-order valence-corrected chi connectivity index (χ1v) is 5.87. The molecule has 0 aliphatic heterocycles. The van der Waals surface area contributed by atoms with Gasteiger partial charge in [0.05, 0.1) is 11.7 Å². The number of halogens is 1. The van der Waals surface area contributed by atoms with Gasteiger partial charge in [0, 0.05) is 18.0 Å². The molecule has 1 N–H and O–H groups in total.